The molecular weight excluding hydrogens is 421 g/mol. The molecule has 166 valence electrons. The summed E-state index contributed by atoms with van der Waals surface area (Å²) in [6, 6.07) is 9.33. The Bertz CT molecular complexity index is 1090. The normalized spacial score (nSPS) is 16.6. The molecule has 0 bridgehead atoms. The Labute approximate surface area is 183 Å². The minimum Gasteiger partial charge on any atom is -0.472 e. The number of piperidine rings is 1. The second-order valence-corrected chi connectivity index (χ2v) is 7.59. The first-order chi connectivity index (χ1) is 15.3. The predicted octanol–water partition coefficient (Wildman–Crippen LogP) is 4.55. The average molecular weight is 442 g/mol. The van der Waals surface area contributed by atoms with Crippen molar-refractivity contribution in [3.8, 4) is 17.3 Å². The molecule has 3 heterocycles. The van der Waals surface area contributed by atoms with E-state index in [1.54, 1.807) is 29.4 Å². The Balaban J connectivity index is 1.51. The van der Waals surface area contributed by atoms with Crippen molar-refractivity contribution in [1.29, 1.82) is 0 Å². The molecule has 32 heavy (non-hydrogen) atoms. The van der Waals surface area contributed by atoms with E-state index in [0.29, 0.717) is 42.9 Å². The number of hydrogen-bond acceptors (Lipinski definition) is 5. The van der Waals surface area contributed by atoms with Crippen LogP contribution in [0.4, 0.5) is 13.2 Å². The lowest BCUT2D eigenvalue weighted by atomic mass is 9.98. The fourth-order valence-electron chi connectivity index (χ4n) is 3.75. The van der Waals surface area contributed by atoms with E-state index in [0.717, 1.165) is 17.8 Å². The van der Waals surface area contributed by atoms with Gasteiger partial charge in [0.25, 0.3) is 5.91 Å². The summed E-state index contributed by atoms with van der Waals surface area (Å²) in [5.74, 6) is 0.420. The van der Waals surface area contributed by atoms with Gasteiger partial charge in [-0.25, -0.2) is 15.0 Å². The molecule has 0 aliphatic carbocycles. The van der Waals surface area contributed by atoms with E-state index >= 15 is 0 Å². The van der Waals surface area contributed by atoms with Gasteiger partial charge in [0.15, 0.2) is 5.82 Å². The Kier molecular flexibility index (Phi) is 6.07. The van der Waals surface area contributed by atoms with Crippen molar-refractivity contribution in [1.82, 2.24) is 19.9 Å². The van der Waals surface area contributed by atoms with Gasteiger partial charge in [0.1, 0.15) is 6.10 Å². The zero-order chi connectivity index (χ0) is 22.7. The SMILES string of the molecule is Cc1cccc(C(=O)N2CCCC(Oc3ccc(C(F)(F)F)cn3)C2)c1-c1ncccn1. The summed E-state index contributed by atoms with van der Waals surface area (Å²) in [6.45, 7) is 2.77. The maximum atomic E-state index is 13.4. The van der Waals surface area contributed by atoms with E-state index in [9.17, 15) is 18.0 Å². The quantitative estimate of drug-likeness (QED) is 0.593. The number of amides is 1. The van der Waals surface area contributed by atoms with Crippen LogP contribution in [-0.4, -0.2) is 45.0 Å². The Morgan fingerprint density at radius 3 is 2.56 bits per heavy atom. The van der Waals surface area contributed by atoms with Gasteiger partial charge in [-0.2, -0.15) is 13.2 Å². The topological polar surface area (TPSA) is 68.2 Å². The fraction of sp³-hybridized carbons (Fsp3) is 0.304. The molecule has 1 saturated heterocycles. The maximum absolute atomic E-state index is 13.4. The van der Waals surface area contributed by atoms with Crippen LogP contribution in [0.25, 0.3) is 11.4 Å². The number of nitrogens with zero attached hydrogens (tertiary/aromatic N) is 4. The van der Waals surface area contributed by atoms with Gasteiger partial charge in [0.05, 0.1) is 17.7 Å². The lowest BCUT2D eigenvalue weighted by molar-refractivity contribution is -0.137. The number of alkyl halides is 3. The molecule has 9 heteroatoms. The van der Waals surface area contributed by atoms with Crippen molar-refractivity contribution in [2.45, 2.75) is 32.0 Å². The van der Waals surface area contributed by atoms with Crippen molar-refractivity contribution in [3.63, 3.8) is 0 Å². The number of aryl methyl sites for hydroxylation is 1. The van der Waals surface area contributed by atoms with E-state index < -0.39 is 11.7 Å². The molecule has 1 aliphatic rings. The highest BCUT2D eigenvalue weighted by Crippen LogP contribution is 2.30. The number of likely N-dealkylation sites (tertiary alicyclic amines) is 1. The molecule has 0 saturated carbocycles. The summed E-state index contributed by atoms with van der Waals surface area (Å²) in [7, 11) is 0. The molecule has 1 atom stereocenters. The van der Waals surface area contributed by atoms with Gasteiger partial charge in [-0.3, -0.25) is 4.79 Å². The molecule has 0 radical (unpaired) electrons. The number of aromatic nitrogens is 3. The van der Waals surface area contributed by atoms with Crippen molar-refractivity contribution < 1.29 is 22.7 Å². The second-order valence-electron chi connectivity index (χ2n) is 7.59. The van der Waals surface area contributed by atoms with Crippen LogP contribution in [0.1, 0.15) is 34.3 Å². The minimum atomic E-state index is -4.45. The molecule has 0 spiro atoms. The van der Waals surface area contributed by atoms with Crippen LogP contribution < -0.4 is 4.74 Å². The molecule has 2 aromatic heterocycles. The number of ether oxygens (including phenoxy) is 1. The van der Waals surface area contributed by atoms with Gasteiger partial charge < -0.3 is 9.64 Å². The van der Waals surface area contributed by atoms with Crippen LogP contribution >= 0.6 is 0 Å². The minimum absolute atomic E-state index is 0.103. The molecule has 3 aromatic rings. The van der Waals surface area contributed by atoms with Crippen molar-refractivity contribution in [3.05, 3.63) is 71.7 Å². The Morgan fingerprint density at radius 1 is 1.09 bits per heavy atom. The Morgan fingerprint density at radius 2 is 1.88 bits per heavy atom. The number of pyridine rings is 1. The lowest BCUT2D eigenvalue weighted by Gasteiger charge is -2.33. The summed E-state index contributed by atoms with van der Waals surface area (Å²) in [5, 5.41) is 0. The molecule has 4 rings (SSSR count). The van der Waals surface area contributed by atoms with Crippen LogP contribution in [0.15, 0.2) is 55.0 Å². The smallest absolute Gasteiger partial charge is 0.417 e. The van der Waals surface area contributed by atoms with Gasteiger partial charge in [-0.15, -0.1) is 0 Å². The van der Waals surface area contributed by atoms with Gasteiger partial charge in [0, 0.05) is 36.8 Å². The van der Waals surface area contributed by atoms with Gasteiger partial charge in [-0.1, -0.05) is 12.1 Å². The zero-order valence-corrected chi connectivity index (χ0v) is 17.3. The first-order valence-corrected chi connectivity index (χ1v) is 10.2. The summed E-state index contributed by atoms with van der Waals surface area (Å²) in [6.07, 6.45) is 0.580. The summed E-state index contributed by atoms with van der Waals surface area (Å²) >= 11 is 0. The summed E-state index contributed by atoms with van der Waals surface area (Å²) in [5.41, 5.74) is 1.25. The number of benzene rings is 1. The van der Waals surface area contributed by atoms with E-state index in [1.807, 2.05) is 19.1 Å². The third-order valence-corrected chi connectivity index (χ3v) is 5.31. The van der Waals surface area contributed by atoms with Crippen LogP contribution in [0.3, 0.4) is 0 Å². The van der Waals surface area contributed by atoms with E-state index in [1.165, 1.54) is 6.07 Å². The van der Waals surface area contributed by atoms with Crippen molar-refractivity contribution in [2.24, 2.45) is 0 Å². The molecule has 1 fully saturated rings. The van der Waals surface area contributed by atoms with E-state index in [4.69, 9.17) is 4.74 Å². The van der Waals surface area contributed by atoms with Crippen LogP contribution in [-0.2, 0) is 6.18 Å². The third-order valence-electron chi connectivity index (χ3n) is 5.31. The molecule has 1 aliphatic heterocycles. The zero-order valence-electron chi connectivity index (χ0n) is 17.3. The first-order valence-electron chi connectivity index (χ1n) is 10.2. The van der Waals surface area contributed by atoms with E-state index in [2.05, 4.69) is 15.0 Å². The van der Waals surface area contributed by atoms with Gasteiger partial charge >= 0.3 is 6.18 Å². The summed E-state index contributed by atoms with van der Waals surface area (Å²) in [4.78, 5) is 27.4. The largest absolute Gasteiger partial charge is 0.472 e. The predicted molar refractivity (Wildman–Crippen MR) is 111 cm³/mol. The van der Waals surface area contributed by atoms with Gasteiger partial charge in [-0.05, 0) is 43.5 Å². The van der Waals surface area contributed by atoms with Crippen molar-refractivity contribution in [2.75, 3.05) is 13.1 Å². The highest BCUT2D eigenvalue weighted by molar-refractivity contribution is 6.00. The van der Waals surface area contributed by atoms with Crippen LogP contribution in [0.5, 0.6) is 5.88 Å². The average Bonchev–Trinajstić information content (AvgIpc) is 2.79. The lowest BCUT2D eigenvalue weighted by Crippen LogP contribution is -2.44. The molecule has 6 nitrogen and oxygen atoms in total. The number of carbonyl (C=O) groups excluding carboxylic acids is 1. The maximum Gasteiger partial charge on any atom is 0.417 e. The number of hydrogen-bond donors (Lipinski definition) is 0. The number of carbonyl (C=O) groups is 1. The van der Waals surface area contributed by atoms with Crippen LogP contribution in [0.2, 0.25) is 0 Å². The van der Waals surface area contributed by atoms with Gasteiger partial charge in [0.2, 0.25) is 5.88 Å². The molecule has 1 amide bonds. The van der Waals surface area contributed by atoms with Crippen molar-refractivity contribution >= 4 is 5.91 Å². The fourth-order valence-corrected chi connectivity index (χ4v) is 3.75. The summed E-state index contributed by atoms with van der Waals surface area (Å²) < 4.78 is 44.0. The highest BCUT2D eigenvalue weighted by atomic mass is 19.4. The molecule has 0 N–H and O–H groups in total. The van der Waals surface area contributed by atoms with E-state index in [-0.39, 0.29) is 17.9 Å². The first kappa shape index (κ1) is 21.7. The van der Waals surface area contributed by atoms with Crippen LogP contribution in [0, 0.1) is 6.92 Å². The standard InChI is InChI=1S/C23H21F3N4O2/c1-15-5-2-7-18(20(15)21-27-10-4-11-28-21)22(31)30-12-3-6-17(14-30)32-19-9-8-16(13-29-19)23(24,25)26/h2,4-5,7-11,13,17H,3,6,12,14H2,1H3. The number of halogens is 3. The third kappa shape index (κ3) is 4.71. The highest BCUT2D eigenvalue weighted by Gasteiger charge is 2.31. The number of rotatable bonds is 4. The molecule has 1 aromatic carbocycles. The Hall–Kier alpha value is -3.49. The second kappa shape index (κ2) is 8.94. The molecule has 1 unspecified atom stereocenters. The monoisotopic (exact) mass is 442 g/mol. The molecular formula is C23H21F3N4O2.